The highest BCUT2D eigenvalue weighted by atomic mass is 14.6. The van der Waals surface area contributed by atoms with Gasteiger partial charge in [0.05, 0.1) is 11.6 Å². The van der Waals surface area contributed by atoms with Crippen LogP contribution in [-0.4, -0.2) is 4.98 Å². The number of rotatable bonds is 1. The lowest BCUT2D eigenvalue weighted by Crippen LogP contribution is -1.91. The minimum Gasteiger partial charge on any atom is -0.398 e. The zero-order chi connectivity index (χ0) is 10.7. The van der Waals surface area contributed by atoms with E-state index in [1.807, 2.05) is 18.2 Å². The van der Waals surface area contributed by atoms with Gasteiger partial charge in [-0.25, -0.2) is 0 Å². The lowest BCUT2D eigenvalue weighted by Gasteiger charge is -2.04. The van der Waals surface area contributed by atoms with Crippen LogP contribution >= 0.6 is 0 Å². The molecule has 1 aromatic heterocycles. The van der Waals surface area contributed by atoms with Crippen molar-refractivity contribution in [1.82, 2.24) is 4.98 Å². The van der Waals surface area contributed by atoms with Gasteiger partial charge in [0.15, 0.2) is 0 Å². The summed E-state index contributed by atoms with van der Waals surface area (Å²) in [5.74, 6) is 0. The maximum Gasteiger partial charge on any atom is 0.0992 e. The van der Waals surface area contributed by atoms with Gasteiger partial charge < -0.3 is 5.73 Å². The number of aromatic nitrogens is 1. The molecule has 3 nitrogen and oxygen atoms in total. The third kappa shape index (κ3) is 1.79. The third-order valence-corrected chi connectivity index (χ3v) is 2.15. The fourth-order valence-corrected chi connectivity index (χ4v) is 1.42. The summed E-state index contributed by atoms with van der Waals surface area (Å²) in [6.45, 7) is 0. The van der Waals surface area contributed by atoms with Crippen LogP contribution in [0.5, 0.6) is 0 Å². The molecule has 0 saturated carbocycles. The van der Waals surface area contributed by atoms with E-state index in [4.69, 9.17) is 11.0 Å². The van der Waals surface area contributed by atoms with Crippen molar-refractivity contribution >= 4 is 5.69 Å². The van der Waals surface area contributed by atoms with Crippen molar-refractivity contribution in [3.05, 3.63) is 48.3 Å². The molecule has 0 amide bonds. The Kier molecular flexibility index (Phi) is 2.34. The molecule has 1 aromatic carbocycles. The maximum atomic E-state index is 8.71. The van der Waals surface area contributed by atoms with E-state index < -0.39 is 0 Å². The first-order valence-corrected chi connectivity index (χ1v) is 4.51. The highest BCUT2D eigenvalue weighted by molar-refractivity contribution is 5.76. The van der Waals surface area contributed by atoms with Gasteiger partial charge in [-0.05, 0) is 18.2 Å². The molecule has 2 N–H and O–H groups in total. The molecule has 0 aliphatic carbocycles. The molecule has 3 heteroatoms. The zero-order valence-corrected chi connectivity index (χ0v) is 8.01. The summed E-state index contributed by atoms with van der Waals surface area (Å²) in [4.78, 5) is 4.02. The largest absolute Gasteiger partial charge is 0.398 e. The standard InChI is InChI=1S/C12H9N3/c13-7-9-3-4-11(12(14)6-9)10-2-1-5-15-8-10/h1-6,8H,14H2. The van der Waals surface area contributed by atoms with Crippen LogP contribution in [0.3, 0.4) is 0 Å². The van der Waals surface area contributed by atoms with Gasteiger partial charge in [-0.15, -0.1) is 0 Å². The van der Waals surface area contributed by atoms with Gasteiger partial charge in [-0.2, -0.15) is 5.26 Å². The number of anilines is 1. The molecule has 0 atom stereocenters. The van der Waals surface area contributed by atoms with Crippen molar-refractivity contribution in [2.24, 2.45) is 0 Å². The van der Waals surface area contributed by atoms with Crippen molar-refractivity contribution in [1.29, 1.82) is 5.26 Å². The van der Waals surface area contributed by atoms with Crippen LogP contribution in [0.4, 0.5) is 5.69 Å². The van der Waals surface area contributed by atoms with E-state index in [0.717, 1.165) is 11.1 Å². The van der Waals surface area contributed by atoms with Gasteiger partial charge in [0.2, 0.25) is 0 Å². The lowest BCUT2D eigenvalue weighted by molar-refractivity contribution is 1.33. The molecule has 2 aromatic rings. The van der Waals surface area contributed by atoms with E-state index >= 15 is 0 Å². The topological polar surface area (TPSA) is 62.7 Å². The van der Waals surface area contributed by atoms with Crippen LogP contribution in [0, 0.1) is 11.3 Å². The Morgan fingerprint density at radius 2 is 2.13 bits per heavy atom. The van der Waals surface area contributed by atoms with E-state index in [1.165, 1.54) is 0 Å². The van der Waals surface area contributed by atoms with Crippen LogP contribution in [-0.2, 0) is 0 Å². The van der Waals surface area contributed by atoms with E-state index in [0.29, 0.717) is 11.3 Å². The molecule has 0 aliphatic rings. The van der Waals surface area contributed by atoms with Gasteiger partial charge >= 0.3 is 0 Å². The van der Waals surface area contributed by atoms with Gasteiger partial charge in [0, 0.05) is 29.2 Å². The fraction of sp³-hybridized carbons (Fsp3) is 0. The van der Waals surface area contributed by atoms with E-state index in [-0.39, 0.29) is 0 Å². The van der Waals surface area contributed by atoms with E-state index in [2.05, 4.69) is 11.1 Å². The molecular weight excluding hydrogens is 186 g/mol. The summed E-state index contributed by atoms with van der Waals surface area (Å²) in [6.07, 6.45) is 3.46. The van der Waals surface area contributed by atoms with Gasteiger partial charge in [0.1, 0.15) is 0 Å². The number of benzene rings is 1. The predicted molar refractivity (Wildman–Crippen MR) is 58.8 cm³/mol. The summed E-state index contributed by atoms with van der Waals surface area (Å²) in [6, 6.07) is 11.1. The third-order valence-electron chi connectivity index (χ3n) is 2.15. The average Bonchev–Trinajstić information content (AvgIpc) is 2.30. The fourth-order valence-electron chi connectivity index (χ4n) is 1.42. The highest BCUT2D eigenvalue weighted by Crippen LogP contribution is 2.25. The van der Waals surface area contributed by atoms with Crippen LogP contribution in [0.2, 0.25) is 0 Å². The number of nitrogen functional groups attached to an aromatic ring is 1. The lowest BCUT2D eigenvalue weighted by atomic mass is 10.0. The first-order chi connectivity index (χ1) is 7.31. The Hall–Kier alpha value is -2.34. The Balaban J connectivity index is 2.52. The van der Waals surface area contributed by atoms with Crippen LogP contribution in [0.15, 0.2) is 42.7 Å². The molecule has 0 fully saturated rings. The van der Waals surface area contributed by atoms with E-state index in [1.54, 1.807) is 24.5 Å². The first kappa shape index (κ1) is 9.22. The second-order valence-electron chi connectivity index (χ2n) is 3.16. The predicted octanol–water partition coefficient (Wildman–Crippen LogP) is 2.20. The maximum absolute atomic E-state index is 8.71. The molecule has 1 heterocycles. The van der Waals surface area contributed by atoms with Crippen LogP contribution < -0.4 is 5.73 Å². The van der Waals surface area contributed by atoms with Crippen molar-refractivity contribution in [3.63, 3.8) is 0 Å². The summed E-state index contributed by atoms with van der Waals surface area (Å²) in [5, 5.41) is 8.71. The monoisotopic (exact) mass is 195 g/mol. The van der Waals surface area contributed by atoms with Crippen LogP contribution in [0.25, 0.3) is 11.1 Å². The summed E-state index contributed by atoms with van der Waals surface area (Å²) in [5.41, 5.74) is 8.88. The van der Waals surface area contributed by atoms with Gasteiger partial charge in [-0.3, -0.25) is 4.98 Å². The summed E-state index contributed by atoms with van der Waals surface area (Å²) >= 11 is 0. The minimum atomic E-state index is 0.570. The first-order valence-electron chi connectivity index (χ1n) is 4.51. The van der Waals surface area contributed by atoms with E-state index in [9.17, 15) is 0 Å². The molecule has 0 radical (unpaired) electrons. The summed E-state index contributed by atoms with van der Waals surface area (Å²) < 4.78 is 0. The number of hydrogen-bond acceptors (Lipinski definition) is 3. The second-order valence-corrected chi connectivity index (χ2v) is 3.16. The molecule has 2 rings (SSSR count). The molecule has 72 valence electrons. The SMILES string of the molecule is N#Cc1ccc(-c2cccnc2)c(N)c1. The Labute approximate surface area is 87.8 Å². The second kappa shape index (κ2) is 3.81. The molecule has 0 unspecified atom stereocenters. The quantitative estimate of drug-likeness (QED) is 0.709. The average molecular weight is 195 g/mol. The number of nitrogens with zero attached hydrogens (tertiary/aromatic N) is 2. The number of nitriles is 1. The van der Waals surface area contributed by atoms with Crippen molar-refractivity contribution < 1.29 is 0 Å². The van der Waals surface area contributed by atoms with Crippen molar-refractivity contribution in [2.75, 3.05) is 5.73 Å². The highest BCUT2D eigenvalue weighted by Gasteiger charge is 2.02. The normalized spacial score (nSPS) is 9.53. The van der Waals surface area contributed by atoms with Gasteiger partial charge in [0.25, 0.3) is 0 Å². The van der Waals surface area contributed by atoms with Crippen molar-refractivity contribution in [2.45, 2.75) is 0 Å². The summed E-state index contributed by atoms with van der Waals surface area (Å²) in [7, 11) is 0. The van der Waals surface area contributed by atoms with Crippen molar-refractivity contribution in [3.8, 4) is 17.2 Å². The molecule has 0 saturated heterocycles. The molecule has 0 aliphatic heterocycles. The Morgan fingerprint density at radius 3 is 2.73 bits per heavy atom. The minimum absolute atomic E-state index is 0.570. The molecule has 0 spiro atoms. The molecular formula is C12H9N3. The van der Waals surface area contributed by atoms with Crippen LogP contribution in [0.1, 0.15) is 5.56 Å². The zero-order valence-electron chi connectivity index (χ0n) is 8.01. The molecule has 0 bridgehead atoms. The number of hydrogen-bond donors (Lipinski definition) is 1. The smallest absolute Gasteiger partial charge is 0.0992 e. The number of pyridine rings is 1. The molecule has 15 heavy (non-hydrogen) atoms. The Bertz CT molecular complexity index is 512. The Morgan fingerprint density at radius 1 is 1.27 bits per heavy atom. The van der Waals surface area contributed by atoms with Gasteiger partial charge in [-0.1, -0.05) is 12.1 Å². The number of nitrogens with two attached hydrogens (primary N) is 1.